The van der Waals surface area contributed by atoms with Gasteiger partial charge in [0.15, 0.2) is 0 Å². The molecule has 1 aromatic heterocycles. The molecule has 5 nitrogen and oxygen atoms in total. The van der Waals surface area contributed by atoms with E-state index in [2.05, 4.69) is 0 Å². The van der Waals surface area contributed by atoms with Crippen LogP contribution in [-0.4, -0.2) is 26.9 Å². The second-order valence-corrected chi connectivity index (χ2v) is 7.57. The van der Waals surface area contributed by atoms with Gasteiger partial charge in [-0.1, -0.05) is 6.07 Å². The zero-order valence-corrected chi connectivity index (χ0v) is 13.7. The molecule has 0 aliphatic carbocycles. The molecule has 114 valence electrons. The molecule has 1 atom stereocenters. The molecule has 1 aromatic carbocycles. The number of thiophene rings is 1. The van der Waals surface area contributed by atoms with Gasteiger partial charge < -0.3 is 10.5 Å². The Morgan fingerprint density at radius 1 is 1.33 bits per heavy atom. The molecule has 0 saturated carbocycles. The minimum Gasteiger partial charge on any atom is -0.495 e. The Bertz CT molecular complexity index is 712. The van der Waals surface area contributed by atoms with Crippen LogP contribution in [0.1, 0.15) is 17.8 Å². The molecule has 2 N–H and O–H groups in total. The molecule has 0 aliphatic rings. The lowest BCUT2D eigenvalue weighted by molar-refractivity contribution is 0.384. The van der Waals surface area contributed by atoms with E-state index >= 15 is 0 Å². The molecule has 1 heterocycles. The number of anilines is 1. The quantitative estimate of drug-likeness (QED) is 0.858. The number of benzene rings is 1. The largest absolute Gasteiger partial charge is 0.495 e. The number of hydrogen-bond acceptors (Lipinski definition) is 5. The summed E-state index contributed by atoms with van der Waals surface area (Å²) in [5.74, 6) is 0.287. The van der Waals surface area contributed by atoms with Crippen molar-refractivity contribution >= 4 is 27.0 Å². The minimum atomic E-state index is -3.69. The van der Waals surface area contributed by atoms with Crippen molar-refractivity contribution in [1.82, 2.24) is 4.31 Å². The highest BCUT2D eigenvalue weighted by atomic mass is 32.2. The summed E-state index contributed by atoms with van der Waals surface area (Å²) in [5, 5.41) is 1.92. The highest BCUT2D eigenvalue weighted by Crippen LogP contribution is 2.33. The van der Waals surface area contributed by atoms with Crippen LogP contribution in [0.15, 0.2) is 40.6 Å². The normalized spacial score (nSPS) is 13.3. The van der Waals surface area contributed by atoms with Gasteiger partial charge in [-0.05, 0) is 36.6 Å². The lowest BCUT2D eigenvalue weighted by Crippen LogP contribution is -2.29. The third kappa shape index (κ3) is 3.04. The van der Waals surface area contributed by atoms with Gasteiger partial charge in [0.25, 0.3) is 0 Å². The third-order valence-corrected chi connectivity index (χ3v) is 6.34. The van der Waals surface area contributed by atoms with E-state index < -0.39 is 10.0 Å². The Morgan fingerprint density at radius 2 is 2.05 bits per heavy atom. The van der Waals surface area contributed by atoms with Gasteiger partial charge in [-0.15, -0.1) is 11.3 Å². The van der Waals surface area contributed by atoms with Crippen molar-refractivity contribution in [3.63, 3.8) is 0 Å². The van der Waals surface area contributed by atoms with Crippen LogP contribution >= 0.6 is 11.3 Å². The lowest BCUT2D eigenvalue weighted by Gasteiger charge is -2.24. The molecular formula is C14H18N2O3S2. The number of rotatable bonds is 5. The highest BCUT2D eigenvalue weighted by molar-refractivity contribution is 7.89. The summed E-state index contributed by atoms with van der Waals surface area (Å²) >= 11 is 1.52. The van der Waals surface area contributed by atoms with Crippen molar-refractivity contribution in [2.24, 2.45) is 0 Å². The molecular weight excluding hydrogens is 308 g/mol. The average molecular weight is 326 g/mol. The summed E-state index contributed by atoms with van der Waals surface area (Å²) in [6, 6.07) is 8.15. The molecule has 0 fully saturated rings. The van der Waals surface area contributed by atoms with Gasteiger partial charge in [0.05, 0.1) is 13.2 Å². The van der Waals surface area contributed by atoms with E-state index in [4.69, 9.17) is 10.5 Å². The fourth-order valence-corrected chi connectivity index (χ4v) is 4.39. The first kappa shape index (κ1) is 15.8. The van der Waals surface area contributed by atoms with Crippen LogP contribution in [0.2, 0.25) is 0 Å². The highest BCUT2D eigenvalue weighted by Gasteiger charge is 2.29. The van der Waals surface area contributed by atoms with Crippen LogP contribution in [0.25, 0.3) is 0 Å². The van der Waals surface area contributed by atoms with E-state index in [1.54, 1.807) is 19.2 Å². The molecule has 1 unspecified atom stereocenters. The summed E-state index contributed by atoms with van der Waals surface area (Å²) < 4.78 is 32.1. The Balaban J connectivity index is 2.44. The van der Waals surface area contributed by atoms with E-state index in [0.717, 1.165) is 4.88 Å². The van der Waals surface area contributed by atoms with Gasteiger partial charge in [0.1, 0.15) is 10.6 Å². The molecule has 0 amide bonds. The van der Waals surface area contributed by atoms with E-state index in [0.29, 0.717) is 5.69 Å². The molecule has 0 bridgehead atoms. The Kier molecular flexibility index (Phi) is 4.55. The SMILES string of the molecule is COc1ccc(N)cc1S(=O)(=O)N(C)C(C)c1cccs1. The van der Waals surface area contributed by atoms with Crippen LogP contribution in [-0.2, 0) is 10.0 Å². The Labute approximate surface area is 129 Å². The number of nitrogens with zero attached hydrogens (tertiary/aromatic N) is 1. The molecule has 0 radical (unpaired) electrons. The monoisotopic (exact) mass is 326 g/mol. The van der Waals surface area contributed by atoms with Gasteiger partial charge >= 0.3 is 0 Å². The molecule has 2 rings (SSSR count). The minimum absolute atomic E-state index is 0.0795. The number of hydrogen-bond donors (Lipinski definition) is 1. The first-order chi connectivity index (χ1) is 9.87. The zero-order chi connectivity index (χ0) is 15.6. The standard InChI is InChI=1S/C14H18N2O3S2/c1-10(13-5-4-8-20-13)16(2)21(17,18)14-9-11(15)6-7-12(14)19-3/h4-10H,15H2,1-3H3. The van der Waals surface area contributed by atoms with Crippen LogP contribution in [0.5, 0.6) is 5.75 Å². The average Bonchev–Trinajstić information content (AvgIpc) is 2.99. The first-order valence-corrected chi connectivity index (χ1v) is 8.65. The lowest BCUT2D eigenvalue weighted by atomic mass is 10.3. The second kappa shape index (κ2) is 6.05. The predicted octanol–water partition coefficient (Wildman–Crippen LogP) is 2.72. The molecule has 21 heavy (non-hydrogen) atoms. The Hall–Kier alpha value is -1.57. The smallest absolute Gasteiger partial charge is 0.247 e. The summed E-state index contributed by atoms with van der Waals surface area (Å²) in [6.45, 7) is 1.85. The van der Waals surface area contributed by atoms with Gasteiger partial charge in [0, 0.05) is 17.6 Å². The number of ether oxygens (including phenoxy) is 1. The zero-order valence-electron chi connectivity index (χ0n) is 12.1. The first-order valence-electron chi connectivity index (χ1n) is 6.33. The van der Waals surface area contributed by atoms with Gasteiger partial charge in [-0.2, -0.15) is 4.31 Å². The van der Waals surface area contributed by atoms with E-state index in [1.807, 2.05) is 24.4 Å². The van der Waals surface area contributed by atoms with Crippen LogP contribution < -0.4 is 10.5 Å². The third-order valence-electron chi connectivity index (χ3n) is 3.35. The second-order valence-electron chi connectivity index (χ2n) is 4.62. The molecule has 2 aromatic rings. The number of nitrogen functional groups attached to an aromatic ring is 1. The Morgan fingerprint density at radius 3 is 2.62 bits per heavy atom. The van der Waals surface area contributed by atoms with Crippen LogP contribution in [0.3, 0.4) is 0 Å². The van der Waals surface area contributed by atoms with Gasteiger partial charge in [-0.25, -0.2) is 8.42 Å². The molecule has 0 spiro atoms. The van der Waals surface area contributed by atoms with Gasteiger partial charge in [-0.3, -0.25) is 0 Å². The predicted molar refractivity (Wildman–Crippen MR) is 85.1 cm³/mol. The van der Waals surface area contributed by atoms with Crippen molar-refractivity contribution in [2.75, 3.05) is 19.9 Å². The van der Waals surface area contributed by atoms with E-state index in [-0.39, 0.29) is 16.7 Å². The van der Waals surface area contributed by atoms with Crippen molar-refractivity contribution in [1.29, 1.82) is 0 Å². The van der Waals surface area contributed by atoms with Crippen LogP contribution in [0, 0.1) is 0 Å². The summed E-state index contributed by atoms with van der Waals surface area (Å²) in [7, 11) is -0.699. The number of sulfonamides is 1. The van der Waals surface area contributed by atoms with Crippen LogP contribution in [0.4, 0.5) is 5.69 Å². The number of methoxy groups -OCH3 is 1. The molecule has 0 saturated heterocycles. The van der Waals surface area contributed by atoms with Crippen molar-refractivity contribution in [2.45, 2.75) is 17.9 Å². The summed E-state index contributed by atoms with van der Waals surface area (Å²) in [6.07, 6.45) is 0. The fraction of sp³-hybridized carbons (Fsp3) is 0.286. The summed E-state index contributed by atoms with van der Waals surface area (Å²) in [4.78, 5) is 1.06. The van der Waals surface area contributed by atoms with Crippen molar-refractivity contribution in [3.05, 3.63) is 40.6 Å². The number of nitrogens with two attached hydrogens (primary N) is 1. The topological polar surface area (TPSA) is 72.6 Å². The maximum absolute atomic E-state index is 12.8. The maximum Gasteiger partial charge on any atom is 0.247 e. The van der Waals surface area contributed by atoms with Crippen molar-refractivity contribution in [3.8, 4) is 5.75 Å². The summed E-state index contributed by atoms with van der Waals surface area (Å²) in [5.41, 5.74) is 6.09. The van der Waals surface area contributed by atoms with Crippen molar-refractivity contribution < 1.29 is 13.2 Å². The fourth-order valence-electron chi connectivity index (χ4n) is 1.97. The van der Waals surface area contributed by atoms with E-state index in [9.17, 15) is 8.42 Å². The van der Waals surface area contributed by atoms with E-state index in [1.165, 1.54) is 28.8 Å². The molecule has 7 heteroatoms. The maximum atomic E-state index is 12.8. The van der Waals surface area contributed by atoms with Gasteiger partial charge in [0.2, 0.25) is 10.0 Å². The molecule has 0 aliphatic heterocycles.